The highest BCUT2D eigenvalue weighted by atomic mass is 16.4. The van der Waals surface area contributed by atoms with Crippen molar-refractivity contribution in [2.75, 3.05) is 0 Å². The summed E-state index contributed by atoms with van der Waals surface area (Å²) in [6, 6.07) is 1.36. The van der Waals surface area contributed by atoms with Crippen LogP contribution in [0, 0.1) is 5.41 Å². The van der Waals surface area contributed by atoms with E-state index >= 15 is 0 Å². The lowest BCUT2D eigenvalue weighted by atomic mass is 9.74. The Morgan fingerprint density at radius 3 is 2.48 bits per heavy atom. The minimum absolute atomic E-state index is 0.0968. The number of amides is 1. The average Bonchev–Trinajstić information content (AvgIpc) is 2.42. The fourth-order valence-electron chi connectivity index (χ4n) is 3.74. The van der Waals surface area contributed by atoms with Crippen molar-refractivity contribution in [1.82, 2.24) is 10.3 Å². The van der Waals surface area contributed by atoms with E-state index in [-0.39, 0.29) is 23.2 Å². The lowest BCUT2D eigenvalue weighted by Crippen LogP contribution is -2.55. The summed E-state index contributed by atoms with van der Waals surface area (Å²) in [4.78, 5) is 50.9. The van der Waals surface area contributed by atoms with Crippen molar-refractivity contribution in [3.8, 4) is 0 Å². The topological polar surface area (TPSA) is 116 Å². The van der Waals surface area contributed by atoms with Crippen molar-refractivity contribution in [2.24, 2.45) is 5.41 Å². The Morgan fingerprint density at radius 1 is 1.24 bits per heavy atom. The van der Waals surface area contributed by atoms with Crippen LogP contribution in [-0.4, -0.2) is 33.3 Å². The van der Waals surface area contributed by atoms with Crippen LogP contribution < -0.4 is 10.9 Å². The number of nitrogens with one attached hydrogen (secondary N) is 2. The number of aromatic amines is 1. The maximum absolute atomic E-state index is 12.5. The molecular formula is C18H22N2O5. The maximum atomic E-state index is 12.5. The molecule has 0 spiro atoms. The summed E-state index contributed by atoms with van der Waals surface area (Å²) in [6.07, 6.45) is 2.72. The van der Waals surface area contributed by atoms with Crippen LogP contribution in [0.4, 0.5) is 0 Å². The molecule has 2 aliphatic carbocycles. The number of H-pyrrole nitrogens is 1. The van der Waals surface area contributed by atoms with Gasteiger partial charge in [0.15, 0.2) is 5.78 Å². The zero-order chi connectivity index (χ0) is 18.4. The van der Waals surface area contributed by atoms with Gasteiger partial charge in [0.1, 0.15) is 5.56 Å². The van der Waals surface area contributed by atoms with E-state index in [4.69, 9.17) is 5.11 Å². The van der Waals surface area contributed by atoms with Gasteiger partial charge in [-0.3, -0.25) is 19.2 Å². The van der Waals surface area contributed by atoms with Crippen molar-refractivity contribution in [1.29, 1.82) is 0 Å². The van der Waals surface area contributed by atoms with Gasteiger partial charge in [-0.25, -0.2) is 0 Å². The molecule has 7 heteroatoms. The minimum Gasteiger partial charge on any atom is -0.481 e. The van der Waals surface area contributed by atoms with Crippen LogP contribution in [-0.2, 0) is 11.2 Å². The second-order valence-electron chi connectivity index (χ2n) is 8.00. The number of carboxylic acids is 1. The molecule has 25 heavy (non-hydrogen) atoms. The smallest absolute Gasteiger partial charge is 0.305 e. The van der Waals surface area contributed by atoms with E-state index in [0.717, 1.165) is 6.42 Å². The third-order valence-corrected chi connectivity index (χ3v) is 5.14. The first kappa shape index (κ1) is 17.4. The van der Waals surface area contributed by atoms with Gasteiger partial charge < -0.3 is 15.4 Å². The molecule has 2 aliphatic rings. The minimum atomic E-state index is -0.989. The van der Waals surface area contributed by atoms with Crippen molar-refractivity contribution in [3.05, 3.63) is 33.2 Å². The van der Waals surface area contributed by atoms with Gasteiger partial charge in [-0.1, -0.05) is 13.8 Å². The fourth-order valence-corrected chi connectivity index (χ4v) is 3.74. The number of aliphatic carboxylic acids is 1. The zero-order valence-corrected chi connectivity index (χ0v) is 14.4. The van der Waals surface area contributed by atoms with E-state index in [0.29, 0.717) is 36.9 Å². The number of pyridine rings is 1. The molecule has 134 valence electrons. The predicted molar refractivity (Wildman–Crippen MR) is 89.8 cm³/mol. The Morgan fingerprint density at radius 2 is 1.92 bits per heavy atom. The molecule has 1 aromatic heterocycles. The molecule has 3 N–H and O–H groups in total. The van der Waals surface area contributed by atoms with Gasteiger partial charge in [-0.2, -0.15) is 0 Å². The van der Waals surface area contributed by atoms with Crippen LogP contribution in [0.5, 0.6) is 0 Å². The number of Topliss-reactive ketones (excluding diaryl/α,β-unsaturated/α-hetero) is 1. The number of carbonyl (C=O) groups excluding carboxylic acids is 2. The molecule has 1 amide bonds. The third-order valence-electron chi connectivity index (χ3n) is 5.14. The van der Waals surface area contributed by atoms with Crippen LogP contribution in [0.25, 0.3) is 0 Å². The van der Waals surface area contributed by atoms with Crippen LogP contribution in [0.2, 0.25) is 0 Å². The summed E-state index contributed by atoms with van der Waals surface area (Å²) in [5, 5.41) is 11.7. The summed E-state index contributed by atoms with van der Waals surface area (Å²) in [5.74, 6) is -1.71. The van der Waals surface area contributed by atoms with Crippen molar-refractivity contribution in [2.45, 2.75) is 57.9 Å². The van der Waals surface area contributed by atoms with Crippen molar-refractivity contribution in [3.63, 3.8) is 0 Å². The first-order chi connectivity index (χ1) is 11.6. The number of hydrogen-bond donors (Lipinski definition) is 3. The lowest BCUT2D eigenvalue weighted by Gasteiger charge is -2.41. The number of rotatable bonds is 4. The average molecular weight is 346 g/mol. The van der Waals surface area contributed by atoms with Crippen LogP contribution in [0.15, 0.2) is 10.9 Å². The highest BCUT2D eigenvalue weighted by Crippen LogP contribution is 2.36. The molecule has 1 fully saturated rings. The number of carbonyl (C=O) groups is 3. The SMILES string of the molecule is CC1(C)CC(=O)c2cc(C(=O)NC3(CC(=O)O)CCC3)c(=O)[nH]c2C1. The third kappa shape index (κ3) is 3.36. The summed E-state index contributed by atoms with van der Waals surface area (Å²) in [7, 11) is 0. The van der Waals surface area contributed by atoms with Crippen molar-refractivity contribution < 1.29 is 19.5 Å². The Bertz CT molecular complexity index is 817. The molecular weight excluding hydrogens is 324 g/mol. The summed E-state index contributed by atoms with van der Waals surface area (Å²) in [6.45, 7) is 3.91. The monoisotopic (exact) mass is 346 g/mol. The second kappa shape index (κ2) is 5.82. The Kier molecular flexibility index (Phi) is 4.05. The van der Waals surface area contributed by atoms with E-state index < -0.39 is 23.0 Å². The molecule has 1 saturated carbocycles. The van der Waals surface area contributed by atoms with Gasteiger partial charge in [0.05, 0.1) is 12.0 Å². The maximum Gasteiger partial charge on any atom is 0.305 e. The van der Waals surface area contributed by atoms with E-state index in [1.807, 2.05) is 13.8 Å². The van der Waals surface area contributed by atoms with Crippen LogP contribution >= 0.6 is 0 Å². The van der Waals surface area contributed by atoms with Gasteiger partial charge in [0.2, 0.25) is 0 Å². The number of aromatic nitrogens is 1. The van der Waals surface area contributed by atoms with Crippen LogP contribution in [0.1, 0.15) is 72.4 Å². The molecule has 0 bridgehead atoms. The molecule has 3 rings (SSSR count). The zero-order valence-electron chi connectivity index (χ0n) is 14.4. The molecule has 1 aromatic rings. The quantitative estimate of drug-likeness (QED) is 0.766. The molecule has 0 radical (unpaired) electrons. The van der Waals surface area contributed by atoms with Crippen molar-refractivity contribution >= 4 is 17.7 Å². The van der Waals surface area contributed by atoms with Gasteiger partial charge in [-0.15, -0.1) is 0 Å². The first-order valence-corrected chi connectivity index (χ1v) is 8.45. The molecule has 7 nitrogen and oxygen atoms in total. The largest absolute Gasteiger partial charge is 0.481 e. The van der Waals surface area contributed by atoms with Gasteiger partial charge in [0.25, 0.3) is 11.5 Å². The van der Waals surface area contributed by atoms with Crippen LogP contribution in [0.3, 0.4) is 0 Å². The number of ketones is 1. The summed E-state index contributed by atoms with van der Waals surface area (Å²) >= 11 is 0. The van der Waals surface area contributed by atoms with E-state index in [9.17, 15) is 19.2 Å². The number of fused-ring (bicyclic) bond motifs is 1. The van der Waals surface area contributed by atoms with E-state index in [1.54, 1.807) is 0 Å². The van der Waals surface area contributed by atoms with Gasteiger partial charge >= 0.3 is 5.97 Å². The predicted octanol–water partition coefficient (Wildman–Crippen LogP) is 1.66. The Labute approximate surface area is 144 Å². The fraction of sp³-hybridized carbons (Fsp3) is 0.556. The normalized spacial score (nSPS) is 20.3. The molecule has 0 aromatic carbocycles. The molecule has 0 aliphatic heterocycles. The lowest BCUT2D eigenvalue weighted by molar-refractivity contribution is -0.139. The standard InChI is InChI=1S/C18H22N2O5/c1-17(2)7-12-10(13(21)8-17)6-11(15(24)19-12)16(25)20-18(4-3-5-18)9-14(22)23/h6H,3-5,7-9H2,1-2H3,(H,19,24)(H,20,25)(H,22,23). The van der Waals surface area contributed by atoms with E-state index in [1.165, 1.54) is 6.07 Å². The summed E-state index contributed by atoms with van der Waals surface area (Å²) in [5.41, 5.74) is -0.766. The highest BCUT2D eigenvalue weighted by Gasteiger charge is 2.41. The van der Waals surface area contributed by atoms with Gasteiger partial charge in [0, 0.05) is 17.7 Å². The van der Waals surface area contributed by atoms with E-state index in [2.05, 4.69) is 10.3 Å². The highest BCUT2D eigenvalue weighted by molar-refractivity contribution is 6.02. The summed E-state index contributed by atoms with van der Waals surface area (Å²) < 4.78 is 0. The van der Waals surface area contributed by atoms with Gasteiger partial charge in [-0.05, 0) is 37.2 Å². The Hall–Kier alpha value is -2.44. The molecule has 0 unspecified atom stereocenters. The molecule has 0 atom stereocenters. The second-order valence-corrected chi connectivity index (χ2v) is 8.00. The Balaban J connectivity index is 1.90. The number of hydrogen-bond acceptors (Lipinski definition) is 4. The number of carboxylic acid groups (broad SMARTS) is 1. The molecule has 1 heterocycles. The first-order valence-electron chi connectivity index (χ1n) is 8.45. The molecule has 0 saturated heterocycles.